The summed E-state index contributed by atoms with van der Waals surface area (Å²) in [5, 5.41) is 28.0. The first-order valence-electron chi connectivity index (χ1n) is 7.65. The van der Waals surface area contributed by atoms with Crippen molar-refractivity contribution in [1.29, 1.82) is 0 Å². The van der Waals surface area contributed by atoms with Crippen LogP contribution in [0.25, 0.3) is 0 Å². The number of rotatable bonds is 13. The largest absolute Gasteiger partial charge is 0.481 e. The molecule has 0 aliphatic rings. The van der Waals surface area contributed by atoms with Gasteiger partial charge in [0.15, 0.2) is 0 Å². The van der Waals surface area contributed by atoms with Crippen molar-refractivity contribution in [2.45, 2.75) is 89.8 Å². The molecule has 0 aromatic carbocycles. The minimum Gasteiger partial charge on any atom is -0.481 e. The van der Waals surface area contributed by atoms with Gasteiger partial charge in [-0.15, -0.1) is 0 Å². The van der Waals surface area contributed by atoms with Crippen LogP contribution in [-0.4, -0.2) is 33.5 Å². The molecule has 114 valence electrons. The van der Waals surface area contributed by atoms with Gasteiger partial charge < -0.3 is 15.3 Å². The van der Waals surface area contributed by atoms with Gasteiger partial charge >= 0.3 is 5.97 Å². The Kier molecular flexibility index (Phi) is 12.0. The summed E-state index contributed by atoms with van der Waals surface area (Å²) in [5.74, 6) is -0.731. The van der Waals surface area contributed by atoms with E-state index in [1.165, 1.54) is 0 Å². The lowest BCUT2D eigenvalue weighted by Crippen LogP contribution is -2.25. The molecule has 0 heterocycles. The van der Waals surface area contributed by atoms with E-state index in [-0.39, 0.29) is 6.42 Å². The topological polar surface area (TPSA) is 77.8 Å². The van der Waals surface area contributed by atoms with Crippen LogP contribution < -0.4 is 0 Å². The number of carboxylic acid groups (broad SMARTS) is 1. The van der Waals surface area contributed by atoms with Crippen LogP contribution in [0.4, 0.5) is 0 Å². The van der Waals surface area contributed by atoms with Crippen molar-refractivity contribution >= 4 is 5.97 Å². The van der Waals surface area contributed by atoms with E-state index in [2.05, 4.69) is 6.92 Å². The van der Waals surface area contributed by atoms with Gasteiger partial charge in [0, 0.05) is 6.42 Å². The molecular formula is C15H30O4. The van der Waals surface area contributed by atoms with E-state index >= 15 is 0 Å². The Balaban J connectivity index is 3.36. The van der Waals surface area contributed by atoms with Crippen molar-refractivity contribution < 1.29 is 20.1 Å². The molecule has 0 bridgehead atoms. The molecular weight excluding hydrogens is 244 g/mol. The number of aliphatic hydroxyl groups is 2. The average molecular weight is 274 g/mol. The number of unbranched alkanes of at least 4 members (excludes halogenated alkanes) is 6. The number of carbonyl (C=O) groups is 1. The van der Waals surface area contributed by atoms with Crippen LogP contribution in [0.15, 0.2) is 0 Å². The molecule has 0 saturated carbocycles. The van der Waals surface area contributed by atoms with Crippen molar-refractivity contribution in [1.82, 2.24) is 0 Å². The second kappa shape index (κ2) is 12.4. The van der Waals surface area contributed by atoms with Gasteiger partial charge in [-0.1, -0.05) is 51.9 Å². The van der Waals surface area contributed by atoms with E-state index in [1.54, 1.807) is 0 Å². The van der Waals surface area contributed by atoms with Crippen molar-refractivity contribution in [3.05, 3.63) is 0 Å². The van der Waals surface area contributed by atoms with Crippen LogP contribution in [0.1, 0.15) is 77.6 Å². The van der Waals surface area contributed by atoms with Crippen LogP contribution in [0, 0.1) is 0 Å². The van der Waals surface area contributed by atoms with Crippen LogP contribution >= 0.6 is 0 Å². The zero-order valence-electron chi connectivity index (χ0n) is 12.2. The second-order valence-corrected chi connectivity index (χ2v) is 5.33. The van der Waals surface area contributed by atoms with Gasteiger partial charge in [0.05, 0.1) is 12.2 Å². The Morgan fingerprint density at radius 1 is 0.842 bits per heavy atom. The Labute approximate surface area is 116 Å². The normalized spacial score (nSPS) is 14.3. The highest BCUT2D eigenvalue weighted by molar-refractivity contribution is 5.66. The predicted molar refractivity (Wildman–Crippen MR) is 76.1 cm³/mol. The van der Waals surface area contributed by atoms with Crippen LogP contribution in [0.3, 0.4) is 0 Å². The third kappa shape index (κ3) is 12.2. The first-order valence-corrected chi connectivity index (χ1v) is 7.65. The molecule has 0 spiro atoms. The fourth-order valence-electron chi connectivity index (χ4n) is 2.15. The molecule has 4 nitrogen and oxygen atoms in total. The molecule has 3 N–H and O–H groups in total. The second-order valence-electron chi connectivity index (χ2n) is 5.33. The molecule has 0 saturated heterocycles. The lowest BCUT2D eigenvalue weighted by atomic mass is 10.0. The Morgan fingerprint density at radius 2 is 1.32 bits per heavy atom. The summed E-state index contributed by atoms with van der Waals surface area (Å²) in [6.45, 7) is 2.12. The molecule has 0 radical (unpaired) electrons. The van der Waals surface area contributed by atoms with Crippen molar-refractivity contribution in [3.8, 4) is 0 Å². The third-order valence-electron chi connectivity index (χ3n) is 3.44. The van der Waals surface area contributed by atoms with Crippen LogP contribution in [0.2, 0.25) is 0 Å². The maximum Gasteiger partial charge on any atom is 0.303 e. The predicted octanol–water partition coefficient (Wildman–Crippen LogP) is 3.10. The van der Waals surface area contributed by atoms with E-state index in [9.17, 15) is 15.0 Å². The quantitative estimate of drug-likeness (QED) is 0.451. The van der Waals surface area contributed by atoms with Crippen molar-refractivity contribution in [2.75, 3.05) is 0 Å². The highest BCUT2D eigenvalue weighted by atomic mass is 16.4. The van der Waals surface area contributed by atoms with Gasteiger partial charge in [-0.2, -0.15) is 0 Å². The molecule has 2 unspecified atom stereocenters. The minimum absolute atomic E-state index is 0.249. The average Bonchev–Trinajstić information content (AvgIpc) is 2.37. The summed E-state index contributed by atoms with van der Waals surface area (Å²) < 4.78 is 0. The van der Waals surface area contributed by atoms with Crippen LogP contribution in [0.5, 0.6) is 0 Å². The maximum atomic E-state index is 10.3. The van der Waals surface area contributed by atoms with Gasteiger partial charge in [0.25, 0.3) is 0 Å². The molecule has 0 aliphatic heterocycles. The van der Waals surface area contributed by atoms with Gasteiger partial charge in [-0.25, -0.2) is 0 Å². The summed E-state index contributed by atoms with van der Waals surface area (Å²) >= 11 is 0. The fraction of sp³-hybridized carbons (Fsp3) is 0.933. The van der Waals surface area contributed by atoms with Crippen molar-refractivity contribution in [3.63, 3.8) is 0 Å². The molecule has 19 heavy (non-hydrogen) atoms. The van der Waals surface area contributed by atoms with Gasteiger partial charge in [-0.05, 0) is 19.3 Å². The molecule has 0 amide bonds. The van der Waals surface area contributed by atoms with Crippen LogP contribution in [-0.2, 0) is 4.79 Å². The first kappa shape index (κ1) is 18.4. The third-order valence-corrected chi connectivity index (χ3v) is 3.44. The fourth-order valence-corrected chi connectivity index (χ4v) is 2.15. The number of aliphatic hydroxyl groups excluding tert-OH is 2. The van der Waals surface area contributed by atoms with E-state index in [1.807, 2.05) is 0 Å². The summed E-state index contributed by atoms with van der Waals surface area (Å²) in [5.41, 5.74) is 0. The van der Waals surface area contributed by atoms with Crippen molar-refractivity contribution in [2.24, 2.45) is 0 Å². The zero-order valence-corrected chi connectivity index (χ0v) is 12.2. The number of carboxylic acids is 1. The Bertz CT molecular complexity index is 218. The number of hydrogen-bond donors (Lipinski definition) is 3. The van der Waals surface area contributed by atoms with E-state index in [0.717, 1.165) is 51.4 Å². The van der Waals surface area contributed by atoms with Gasteiger partial charge in [0.1, 0.15) is 0 Å². The number of hydrogen-bond acceptors (Lipinski definition) is 3. The summed E-state index contributed by atoms with van der Waals surface area (Å²) in [6.07, 6.45) is 8.17. The molecule has 0 fully saturated rings. The van der Waals surface area contributed by atoms with E-state index < -0.39 is 18.2 Å². The minimum atomic E-state index is -0.731. The lowest BCUT2D eigenvalue weighted by Gasteiger charge is -2.17. The summed E-state index contributed by atoms with van der Waals surface area (Å²) in [6, 6.07) is 0. The molecule has 2 atom stereocenters. The standard InChI is InChI=1S/C15H30O4/c1-2-3-7-10-13(16)14(17)11-8-5-4-6-9-12-15(18)19/h13-14,16-17H,2-12H2,1H3,(H,18,19). The highest BCUT2D eigenvalue weighted by Gasteiger charge is 2.14. The van der Waals surface area contributed by atoms with E-state index in [0.29, 0.717) is 12.8 Å². The zero-order chi connectivity index (χ0) is 14.5. The molecule has 0 aliphatic carbocycles. The smallest absolute Gasteiger partial charge is 0.303 e. The molecule has 0 rings (SSSR count). The first-order chi connectivity index (χ1) is 9.07. The molecule has 0 aromatic rings. The van der Waals surface area contributed by atoms with Gasteiger partial charge in [-0.3, -0.25) is 4.79 Å². The molecule has 0 aromatic heterocycles. The van der Waals surface area contributed by atoms with E-state index in [4.69, 9.17) is 5.11 Å². The monoisotopic (exact) mass is 274 g/mol. The lowest BCUT2D eigenvalue weighted by molar-refractivity contribution is -0.137. The summed E-state index contributed by atoms with van der Waals surface area (Å²) in [7, 11) is 0. The highest BCUT2D eigenvalue weighted by Crippen LogP contribution is 2.13. The summed E-state index contributed by atoms with van der Waals surface area (Å²) in [4.78, 5) is 10.3. The maximum absolute atomic E-state index is 10.3. The Morgan fingerprint density at radius 3 is 1.84 bits per heavy atom. The molecule has 4 heteroatoms. The SMILES string of the molecule is CCCCCC(O)C(O)CCCCCCCC(=O)O. The number of aliphatic carboxylic acids is 1. The Hall–Kier alpha value is -0.610. The van der Waals surface area contributed by atoms with Gasteiger partial charge in [0.2, 0.25) is 0 Å².